The first kappa shape index (κ1) is 26.5. The molecule has 10 heteroatoms. The summed E-state index contributed by atoms with van der Waals surface area (Å²) < 4.78 is 29.8. The number of amidine groups is 1. The number of likely N-dealkylation sites (tertiary alicyclic amines) is 1. The number of aliphatic imine (C=N–C) groups is 1. The lowest BCUT2D eigenvalue weighted by Crippen LogP contribution is -2.51. The summed E-state index contributed by atoms with van der Waals surface area (Å²) in [5, 5.41) is 1.39. The Morgan fingerprint density at radius 1 is 0.946 bits per heavy atom. The number of rotatable bonds is 8. The Labute approximate surface area is 216 Å². The Balaban J connectivity index is 1.62. The second-order valence-electron chi connectivity index (χ2n) is 9.03. The molecular weight excluding hydrogens is 490 g/mol. The van der Waals surface area contributed by atoms with Gasteiger partial charge in [0.05, 0.1) is 11.4 Å². The molecule has 1 aliphatic heterocycles. The van der Waals surface area contributed by atoms with Crippen molar-refractivity contribution < 1.29 is 18.0 Å². The van der Waals surface area contributed by atoms with Gasteiger partial charge in [-0.2, -0.15) is 9.71 Å². The molecule has 9 nitrogen and oxygen atoms in total. The highest BCUT2D eigenvalue weighted by atomic mass is 32.2. The third kappa shape index (κ3) is 6.40. The quantitative estimate of drug-likeness (QED) is 0.305. The van der Waals surface area contributed by atoms with Crippen molar-refractivity contribution in [2.75, 3.05) is 19.6 Å². The van der Waals surface area contributed by atoms with Gasteiger partial charge in [0.2, 0.25) is 15.9 Å². The molecule has 1 saturated heterocycles. The van der Waals surface area contributed by atoms with Gasteiger partial charge in [0, 0.05) is 24.0 Å². The van der Waals surface area contributed by atoms with Crippen molar-refractivity contribution in [3.05, 3.63) is 77.9 Å². The zero-order chi connectivity index (χ0) is 26.4. The third-order valence-corrected chi connectivity index (χ3v) is 7.94. The number of fused-ring (bicyclic) bond motifs is 1. The lowest BCUT2D eigenvalue weighted by atomic mass is 10.0. The average molecular weight is 522 g/mol. The molecule has 3 aromatic rings. The minimum atomic E-state index is -4.01. The number of amides is 2. The lowest BCUT2D eigenvalue weighted by molar-refractivity contribution is -0.133. The number of benzene rings is 3. The smallest absolute Gasteiger partial charge is 0.261 e. The molecule has 1 atom stereocenters. The molecule has 1 heterocycles. The average Bonchev–Trinajstić information content (AvgIpc) is 2.92. The second-order valence-corrected chi connectivity index (χ2v) is 10.7. The third-order valence-electron chi connectivity index (χ3n) is 6.41. The normalized spacial score (nSPS) is 15.5. The molecule has 194 valence electrons. The SMILES string of the molecule is NCC(=O)N=C(N)c1ccc(C[C@H](NS(=O)(=O)c2cccc3ccccc23)C(=O)N2CCCCC2)cc1. The van der Waals surface area contributed by atoms with Crippen LogP contribution >= 0.6 is 0 Å². The predicted molar refractivity (Wildman–Crippen MR) is 143 cm³/mol. The maximum absolute atomic E-state index is 13.6. The zero-order valence-electron chi connectivity index (χ0n) is 20.5. The highest BCUT2D eigenvalue weighted by Gasteiger charge is 2.31. The van der Waals surface area contributed by atoms with E-state index < -0.39 is 22.0 Å². The van der Waals surface area contributed by atoms with Crippen LogP contribution in [0.2, 0.25) is 0 Å². The van der Waals surface area contributed by atoms with Crippen LogP contribution in [0.5, 0.6) is 0 Å². The number of nitrogens with two attached hydrogens (primary N) is 2. The molecule has 0 aromatic heterocycles. The molecule has 3 aromatic carbocycles. The number of carbonyl (C=O) groups excluding carboxylic acids is 2. The number of nitrogens with zero attached hydrogens (tertiary/aromatic N) is 2. The van der Waals surface area contributed by atoms with Gasteiger partial charge < -0.3 is 16.4 Å². The molecule has 0 radical (unpaired) electrons. The fourth-order valence-corrected chi connectivity index (χ4v) is 5.91. The summed E-state index contributed by atoms with van der Waals surface area (Å²) in [5.74, 6) is -0.738. The van der Waals surface area contributed by atoms with Crippen molar-refractivity contribution in [2.24, 2.45) is 16.5 Å². The van der Waals surface area contributed by atoms with Crippen LogP contribution in [-0.2, 0) is 26.0 Å². The van der Waals surface area contributed by atoms with Crippen LogP contribution < -0.4 is 16.2 Å². The first-order valence-electron chi connectivity index (χ1n) is 12.2. The van der Waals surface area contributed by atoms with E-state index in [-0.39, 0.29) is 29.6 Å². The minimum absolute atomic E-state index is 0.0413. The molecule has 5 N–H and O–H groups in total. The predicted octanol–water partition coefficient (Wildman–Crippen LogP) is 1.93. The van der Waals surface area contributed by atoms with E-state index in [0.717, 1.165) is 30.2 Å². The maximum atomic E-state index is 13.6. The van der Waals surface area contributed by atoms with Crippen LogP contribution in [0.1, 0.15) is 30.4 Å². The summed E-state index contributed by atoms with van der Waals surface area (Å²) >= 11 is 0. The van der Waals surface area contributed by atoms with E-state index in [1.165, 1.54) is 0 Å². The summed E-state index contributed by atoms with van der Waals surface area (Å²) in [6, 6.07) is 18.2. The molecule has 0 spiro atoms. The largest absolute Gasteiger partial charge is 0.383 e. The van der Waals surface area contributed by atoms with E-state index in [0.29, 0.717) is 24.0 Å². The fourth-order valence-electron chi connectivity index (χ4n) is 4.49. The van der Waals surface area contributed by atoms with E-state index in [2.05, 4.69) is 9.71 Å². The van der Waals surface area contributed by atoms with Crippen molar-refractivity contribution in [2.45, 2.75) is 36.6 Å². The molecule has 4 rings (SSSR count). The number of nitrogens with one attached hydrogen (secondary N) is 1. The van der Waals surface area contributed by atoms with Crippen LogP contribution in [0.4, 0.5) is 0 Å². The first-order valence-corrected chi connectivity index (χ1v) is 13.7. The van der Waals surface area contributed by atoms with Gasteiger partial charge in [-0.15, -0.1) is 0 Å². The summed E-state index contributed by atoms with van der Waals surface area (Å²) in [6.07, 6.45) is 2.98. The topological polar surface area (TPSA) is 148 Å². The Morgan fingerprint density at radius 2 is 1.62 bits per heavy atom. The van der Waals surface area contributed by atoms with Crippen LogP contribution in [0.25, 0.3) is 10.8 Å². The van der Waals surface area contributed by atoms with Gasteiger partial charge in [-0.25, -0.2) is 8.42 Å². The number of hydrogen-bond donors (Lipinski definition) is 3. The Morgan fingerprint density at radius 3 is 2.32 bits per heavy atom. The van der Waals surface area contributed by atoms with E-state index in [9.17, 15) is 18.0 Å². The Bertz CT molecular complexity index is 1410. The summed E-state index contributed by atoms with van der Waals surface area (Å²) in [5.41, 5.74) is 12.4. The summed E-state index contributed by atoms with van der Waals surface area (Å²) in [6.45, 7) is 0.967. The highest BCUT2D eigenvalue weighted by molar-refractivity contribution is 7.89. The first-order chi connectivity index (χ1) is 17.8. The molecule has 1 aliphatic rings. The Kier molecular flexibility index (Phi) is 8.32. The van der Waals surface area contributed by atoms with Crippen LogP contribution in [0, 0.1) is 0 Å². The van der Waals surface area contributed by atoms with Crippen LogP contribution in [-0.4, -0.2) is 56.6 Å². The molecular formula is C27H31N5O4S. The second kappa shape index (κ2) is 11.6. The molecule has 0 aliphatic carbocycles. The Hall–Kier alpha value is -3.60. The number of carbonyl (C=O) groups is 2. The van der Waals surface area contributed by atoms with Gasteiger partial charge in [-0.1, -0.05) is 60.7 Å². The number of sulfonamides is 1. The summed E-state index contributed by atoms with van der Waals surface area (Å²) in [4.78, 5) is 30.6. The van der Waals surface area contributed by atoms with Gasteiger partial charge in [-0.3, -0.25) is 9.59 Å². The van der Waals surface area contributed by atoms with E-state index in [1.54, 1.807) is 53.4 Å². The van der Waals surface area contributed by atoms with Crippen molar-refractivity contribution in [3.63, 3.8) is 0 Å². The highest BCUT2D eigenvalue weighted by Crippen LogP contribution is 2.24. The number of piperidine rings is 1. The van der Waals surface area contributed by atoms with Crippen molar-refractivity contribution in [1.82, 2.24) is 9.62 Å². The van der Waals surface area contributed by atoms with Crippen molar-refractivity contribution >= 4 is 38.4 Å². The van der Waals surface area contributed by atoms with E-state index >= 15 is 0 Å². The monoisotopic (exact) mass is 521 g/mol. The fraction of sp³-hybridized carbons (Fsp3) is 0.296. The molecule has 1 fully saturated rings. The van der Waals surface area contributed by atoms with Crippen molar-refractivity contribution in [3.8, 4) is 0 Å². The molecule has 2 amide bonds. The van der Waals surface area contributed by atoms with Gasteiger partial charge in [0.15, 0.2) is 0 Å². The van der Waals surface area contributed by atoms with Crippen LogP contribution in [0.15, 0.2) is 76.6 Å². The molecule has 0 unspecified atom stereocenters. The van der Waals surface area contributed by atoms with E-state index in [4.69, 9.17) is 11.5 Å². The standard InChI is InChI=1S/C27H31N5O4S/c28-18-25(33)30-26(29)21-13-11-19(12-14-21)17-23(27(34)32-15-4-1-5-16-32)31-37(35,36)24-10-6-8-20-7-2-3-9-22(20)24/h2-3,6-14,23,31H,1,4-5,15-18,28H2,(H2,29,30,33)/t23-/m0/s1. The van der Waals surface area contributed by atoms with Crippen LogP contribution in [0.3, 0.4) is 0 Å². The number of hydrogen-bond acceptors (Lipinski definition) is 5. The molecule has 37 heavy (non-hydrogen) atoms. The van der Waals surface area contributed by atoms with Gasteiger partial charge in [0.25, 0.3) is 5.91 Å². The van der Waals surface area contributed by atoms with E-state index in [1.807, 2.05) is 18.2 Å². The molecule has 0 bridgehead atoms. The van der Waals surface area contributed by atoms with Gasteiger partial charge in [0.1, 0.15) is 11.9 Å². The zero-order valence-corrected chi connectivity index (χ0v) is 21.3. The molecule has 0 saturated carbocycles. The summed E-state index contributed by atoms with van der Waals surface area (Å²) in [7, 11) is -4.01. The van der Waals surface area contributed by atoms with Gasteiger partial charge in [-0.05, 0) is 42.7 Å². The maximum Gasteiger partial charge on any atom is 0.261 e. The van der Waals surface area contributed by atoms with Gasteiger partial charge >= 0.3 is 0 Å². The lowest BCUT2D eigenvalue weighted by Gasteiger charge is -2.31. The minimum Gasteiger partial charge on any atom is -0.383 e. The van der Waals surface area contributed by atoms with Crippen molar-refractivity contribution in [1.29, 1.82) is 0 Å².